The van der Waals surface area contributed by atoms with Crippen LogP contribution in [0.15, 0.2) is 30.7 Å². The first-order chi connectivity index (χ1) is 11.6. The first-order valence-electron chi connectivity index (χ1n) is 7.86. The van der Waals surface area contributed by atoms with E-state index < -0.39 is 0 Å². The summed E-state index contributed by atoms with van der Waals surface area (Å²) in [7, 11) is 2.12. The Balaban J connectivity index is 1.63. The van der Waals surface area contributed by atoms with Crippen molar-refractivity contribution in [3.05, 3.63) is 42.0 Å². The minimum Gasteiger partial charge on any atom is -0.382 e. The third-order valence-corrected chi connectivity index (χ3v) is 4.03. The van der Waals surface area contributed by atoms with Gasteiger partial charge in [-0.3, -0.25) is 4.79 Å². The number of likely N-dealkylation sites (N-methyl/N-ethyl adjacent to an activating group) is 1. The number of carbonyl (C=O) groups excluding carboxylic acids is 1. The van der Waals surface area contributed by atoms with Crippen LogP contribution in [0.4, 0.5) is 11.6 Å². The lowest BCUT2D eigenvalue weighted by Gasteiger charge is -2.33. The van der Waals surface area contributed by atoms with Gasteiger partial charge >= 0.3 is 0 Å². The molecule has 2 aromatic heterocycles. The zero-order valence-electron chi connectivity index (χ0n) is 13.6. The van der Waals surface area contributed by atoms with E-state index in [9.17, 15) is 4.79 Å². The number of piperazine rings is 1. The highest BCUT2D eigenvalue weighted by Gasteiger charge is 2.16. The number of amides is 1. The van der Waals surface area contributed by atoms with E-state index in [2.05, 4.69) is 37.1 Å². The standard InChI is InChI=1S/C16H21N7O/c1-22-6-8-23(9-7-22)13-10-12(2-3-18-13)11-21-16(24)14-15(17)20-5-4-19-14/h2-5,10H,6-9,11H2,1H3,(H2,17,20)(H,21,24). The van der Waals surface area contributed by atoms with Crippen LogP contribution in [-0.2, 0) is 6.54 Å². The van der Waals surface area contributed by atoms with E-state index in [0.717, 1.165) is 37.6 Å². The third kappa shape index (κ3) is 3.77. The highest BCUT2D eigenvalue weighted by atomic mass is 16.1. The number of carbonyl (C=O) groups is 1. The fraction of sp³-hybridized carbons (Fsp3) is 0.375. The fourth-order valence-electron chi connectivity index (χ4n) is 2.57. The molecule has 0 spiro atoms. The van der Waals surface area contributed by atoms with Crippen LogP contribution in [0.5, 0.6) is 0 Å². The molecule has 2 aromatic rings. The van der Waals surface area contributed by atoms with Crippen LogP contribution in [0, 0.1) is 0 Å². The molecule has 0 aliphatic carbocycles. The molecule has 1 fully saturated rings. The van der Waals surface area contributed by atoms with Gasteiger partial charge in [0, 0.05) is 51.3 Å². The molecule has 0 bridgehead atoms. The van der Waals surface area contributed by atoms with Crippen molar-refractivity contribution in [3.8, 4) is 0 Å². The Hall–Kier alpha value is -2.74. The van der Waals surface area contributed by atoms with Gasteiger partial charge in [0.15, 0.2) is 11.5 Å². The van der Waals surface area contributed by atoms with Gasteiger partial charge in [0.25, 0.3) is 5.91 Å². The maximum absolute atomic E-state index is 12.1. The van der Waals surface area contributed by atoms with Crippen LogP contribution in [0.2, 0.25) is 0 Å². The average Bonchev–Trinajstić information content (AvgIpc) is 2.61. The highest BCUT2D eigenvalue weighted by molar-refractivity contribution is 5.96. The average molecular weight is 327 g/mol. The molecule has 3 N–H and O–H groups in total. The van der Waals surface area contributed by atoms with Gasteiger partial charge in [0.2, 0.25) is 0 Å². The van der Waals surface area contributed by atoms with Gasteiger partial charge in [0.05, 0.1) is 0 Å². The van der Waals surface area contributed by atoms with Gasteiger partial charge in [-0.2, -0.15) is 0 Å². The molecule has 8 heteroatoms. The molecule has 126 valence electrons. The van der Waals surface area contributed by atoms with Gasteiger partial charge in [-0.1, -0.05) is 0 Å². The summed E-state index contributed by atoms with van der Waals surface area (Å²) in [6, 6.07) is 3.89. The molecule has 1 aliphatic heterocycles. The highest BCUT2D eigenvalue weighted by Crippen LogP contribution is 2.15. The third-order valence-electron chi connectivity index (χ3n) is 4.03. The zero-order valence-corrected chi connectivity index (χ0v) is 13.6. The molecule has 0 unspecified atom stereocenters. The van der Waals surface area contributed by atoms with Crippen molar-refractivity contribution in [3.63, 3.8) is 0 Å². The summed E-state index contributed by atoms with van der Waals surface area (Å²) in [5.41, 5.74) is 6.79. The summed E-state index contributed by atoms with van der Waals surface area (Å²) < 4.78 is 0. The molecule has 1 saturated heterocycles. The summed E-state index contributed by atoms with van der Waals surface area (Å²) >= 11 is 0. The van der Waals surface area contributed by atoms with Crippen molar-refractivity contribution < 1.29 is 4.79 Å². The first-order valence-corrected chi connectivity index (χ1v) is 7.86. The Morgan fingerprint density at radius 2 is 1.92 bits per heavy atom. The predicted molar refractivity (Wildman–Crippen MR) is 91.6 cm³/mol. The van der Waals surface area contributed by atoms with Gasteiger partial charge < -0.3 is 20.9 Å². The van der Waals surface area contributed by atoms with Crippen molar-refractivity contribution in [2.24, 2.45) is 0 Å². The Morgan fingerprint density at radius 3 is 2.67 bits per heavy atom. The number of rotatable bonds is 4. The predicted octanol–water partition coefficient (Wildman–Crippen LogP) is 0.136. The smallest absolute Gasteiger partial charge is 0.273 e. The van der Waals surface area contributed by atoms with E-state index in [4.69, 9.17) is 5.73 Å². The molecule has 1 aliphatic rings. The van der Waals surface area contributed by atoms with Crippen LogP contribution in [-0.4, -0.2) is 59.0 Å². The van der Waals surface area contributed by atoms with Crippen molar-refractivity contribution in [2.45, 2.75) is 6.54 Å². The molecule has 3 heterocycles. The monoisotopic (exact) mass is 327 g/mol. The number of aromatic nitrogens is 3. The second-order valence-electron chi connectivity index (χ2n) is 5.79. The van der Waals surface area contributed by atoms with E-state index in [1.54, 1.807) is 6.20 Å². The minimum atomic E-state index is -0.335. The van der Waals surface area contributed by atoms with E-state index >= 15 is 0 Å². The lowest BCUT2D eigenvalue weighted by Crippen LogP contribution is -2.44. The second-order valence-corrected chi connectivity index (χ2v) is 5.79. The van der Waals surface area contributed by atoms with Crippen molar-refractivity contribution in [1.29, 1.82) is 0 Å². The number of pyridine rings is 1. The maximum Gasteiger partial charge on any atom is 0.273 e. The number of nitrogen functional groups attached to an aromatic ring is 1. The van der Waals surface area contributed by atoms with E-state index in [-0.39, 0.29) is 17.4 Å². The molecule has 0 aromatic carbocycles. The molecule has 0 radical (unpaired) electrons. The quantitative estimate of drug-likeness (QED) is 0.823. The van der Waals surface area contributed by atoms with Crippen LogP contribution in [0.25, 0.3) is 0 Å². The van der Waals surface area contributed by atoms with Gasteiger partial charge in [-0.15, -0.1) is 0 Å². The SMILES string of the molecule is CN1CCN(c2cc(CNC(=O)c3nccnc3N)ccn2)CC1. The molecule has 1 amide bonds. The number of hydrogen-bond donors (Lipinski definition) is 2. The molecule has 0 saturated carbocycles. The van der Waals surface area contributed by atoms with Crippen LogP contribution < -0.4 is 16.0 Å². The Kier molecular flexibility index (Phi) is 4.85. The summed E-state index contributed by atoms with van der Waals surface area (Å²) in [5.74, 6) is 0.732. The normalized spacial score (nSPS) is 15.3. The van der Waals surface area contributed by atoms with Crippen LogP contribution >= 0.6 is 0 Å². The van der Waals surface area contributed by atoms with E-state index in [1.807, 2.05) is 12.1 Å². The van der Waals surface area contributed by atoms with Crippen molar-refractivity contribution >= 4 is 17.5 Å². The van der Waals surface area contributed by atoms with Gasteiger partial charge in [-0.05, 0) is 24.7 Å². The zero-order chi connectivity index (χ0) is 16.9. The lowest BCUT2D eigenvalue weighted by atomic mass is 10.2. The maximum atomic E-state index is 12.1. The molecule has 0 atom stereocenters. The molecule has 24 heavy (non-hydrogen) atoms. The summed E-state index contributed by atoms with van der Waals surface area (Å²) in [4.78, 5) is 29.0. The largest absolute Gasteiger partial charge is 0.382 e. The van der Waals surface area contributed by atoms with Gasteiger partial charge in [0.1, 0.15) is 5.82 Å². The molecular weight excluding hydrogens is 306 g/mol. The van der Waals surface area contributed by atoms with Crippen molar-refractivity contribution in [1.82, 2.24) is 25.2 Å². The Bertz CT molecular complexity index is 713. The molecule has 3 rings (SSSR count). The van der Waals surface area contributed by atoms with E-state index in [1.165, 1.54) is 12.4 Å². The number of anilines is 2. The number of nitrogens with one attached hydrogen (secondary N) is 1. The second kappa shape index (κ2) is 7.22. The van der Waals surface area contributed by atoms with E-state index in [0.29, 0.717) is 6.54 Å². The number of nitrogens with zero attached hydrogens (tertiary/aromatic N) is 5. The molecular formula is C16H21N7O. The topological polar surface area (TPSA) is 100 Å². The molecule has 8 nitrogen and oxygen atoms in total. The lowest BCUT2D eigenvalue weighted by molar-refractivity contribution is 0.0946. The Labute approximate surface area is 140 Å². The summed E-state index contributed by atoms with van der Waals surface area (Å²) in [6.07, 6.45) is 4.67. The van der Waals surface area contributed by atoms with Crippen molar-refractivity contribution in [2.75, 3.05) is 43.9 Å². The van der Waals surface area contributed by atoms with Crippen LogP contribution in [0.1, 0.15) is 16.1 Å². The fourth-order valence-corrected chi connectivity index (χ4v) is 2.57. The number of hydrogen-bond acceptors (Lipinski definition) is 7. The first kappa shape index (κ1) is 16.1. The van der Waals surface area contributed by atoms with Crippen LogP contribution in [0.3, 0.4) is 0 Å². The van der Waals surface area contributed by atoms with Gasteiger partial charge in [-0.25, -0.2) is 15.0 Å². The summed E-state index contributed by atoms with van der Waals surface area (Å²) in [5, 5.41) is 2.82. The minimum absolute atomic E-state index is 0.128. The summed E-state index contributed by atoms with van der Waals surface area (Å²) in [6.45, 7) is 4.34. The Morgan fingerprint density at radius 1 is 1.17 bits per heavy atom. The number of nitrogens with two attached hydrogens (primary N) is 1.